The molecule has 126 valence electrons. The molecule has 0 saturated heterocycles. The van der Waals surface area contributed by atoms with Crippen LogP contribution in [0.15, 0.2) is 42.5 Å². The van der Waals surface area contributed by atoms with Gasteiger partial charge in [-0.1, -0.05) is 23.7 Å². The first-order valence-corrected chi connectivity index (χ1v) is 7.41. The molecule has 24 heavy (non-hydrogen) atoms. The summed E-state index contributed by atoms with van der Waals surface area (Å²) in [7, 11) is 0. The van der Waals surface area contributed by atoms with Gasteiger partial charge in [0.15, 0.2) is 18.2 Å². The smallest absolute Gasteiger partial charge is 0.272 e. The lowest BCUT2D eigenvalue weighted by atomic mass is 10.1. The number of halogens is 2. The van der Waals surface area contributed by atoms with Gasteiger partial charge in [0.25, 0.3) is 11.6 Å². The summed E-state index contributed by atoms with van der Waals surface area (Å²) in [6.07, 6.45) is 0.620. The molecule has 0 aliphatic rings. The van der Waals surface area contributed by atoms with E-state index in [0.717, 1.165) is 23.8 Å². The van der Waals surface area contributed by atoms with Crippen molar-refractivity contribution in [1.29, 1.82) is 0 Å². The van der Waals surface area contributed by atoms with E-state index in [-0.39, 0.29) is 18.0 Å². The van der Waals surface area contributed by atoms with E-state index >= 15 is 0 Å². The van der Waals surface area contributed by atoms with Crippen molar-refractivity contribution in [2.75, 3.05) is 13.2 Å². The van der Waals surface area contributed by atoms with E-state index < -0.39 is 16.6 Å². The second-order valence-corrected chi connectivity index (χ2v) is 5.32. The van der Waals surface area contributed by atoms with Gasteiger partial charge in [0, 0.05) is 17.6 Å². The van der Waals surface area contributed by atoms with Crippen LogP contribution in [0.2, 0.25) is 5.02 Å². The van der Waals surface area contributed by atoms with E-state index in [4.69, 9.17) is 16.3 Å². The number of ether oxygens (including phenoxy) is 1. The standard InChI is InChI=1S/C16H14ClFN2O4/c17-12-3-1-11(2-4-12)7-8-19-16(21)10-24-15-6-5-13(20(22)23)9-14(15)18/h1-6,9H,7-8,10H2,(H,19,21). The Kier molecular flexibility index (Phi) is 6.08. The van der Waals surface area contributed by atoms with Crippen molar-refractivity contribution in [1.82, 2.24) is 5.32 Å². The summed E-state index contributed by atoms with van der Waals surface area (Å²) < 4.78 is 18.6. The first-order valence-electron chi connectivity index (χ1n) is 7.03. The van der Waals surface area contributed by atoms with Crippen LogP contribution in [0.5, 0.6) is 5.75 Å². The number of rotatable bonds is 7. The largest absolute Gasteiger partial charge is 0.481 e. The molecule has 0 bridgehead atoms. The summed E-state index contributed by atoms with van der Waals surface area (Å²) in [6, 6.07) is 10.2. The Bertz CT molecular complexity index is 737. The Morgan fingerprint density at radius 2 is 1.96 bits per heavy atom. The number of nitrogens with one attached hydrogen (secondary N) is 1. The minimum Gasteiger partial charge on any atom is -0.481 e. The van der Waals surface area contributed by atoms with Gasteiger partial charge in [-0.05, 0) is 30.2 Å². The van der Waals surface area contributed by atoms with E-state index in [0.29, 0.717) is 18.0 Å². The number of carbonyl (C=O) groups excluding carboxylic acids is 1. The van der Waals surface area contributed by atoms with Crippen LogP contribution < -0.4 is 10.1 Å². The molecule has 0 aliphatic carbocycles. The minimum atomic E-state index is -0.891. The SMILES string of the molecule is O=C(COc1ccc([N+](=O)[O-])cc1F)NCCc1ccc(Cl)cc1. The van der Waals surface area contributed by atoms with E-state index in [1.54, 1.807) is 12.1 Å². The molecule has 6 nitrogen and oxygen atoms in total. The molecular formula is C16H14ClFN2O4. The Labute approximate surface area is 142 Å². The van der Waals surface area contributed by atoms with Crippen molar-refractivity contribution in [2.24, 2.45) is 0 Å². The number of amides is 1. The zero-order chi connectivity index (χ0) is 17.5. The fraction of sp³-hybridized carbons (Fsp3) is 0.188. The van der Waals surface area contributed by atoms with Crippen molar-refractivity contribution >= 4 is 23.2 Å². The molecule has 2 aromatic carbocycles. The van der Waals surface area contributed by atoms with Crippen molar-refractivity contribution in [3.8, 4) is 5.75 Å². The van der Waals surface area contributed by atoms with Crippen LogP contribution in [0, 0.1) is 15.9 Å². The molecule has 0 spiro atoms. The second kappa shape index (κ2) is 8.26. The number of carbonyl (C=O) groups is 1. The van der Waals surface area contributed by atoms with Crippen LogP contribution in [-0.2, 0) is 11.2 Å². The van der Waals surface area contributed by atoms with E-state index in [9.17, 15) is 19.3 Å². The third kappa shape index (κ3) is 5.20. The van der Waals surface area contributed by atoms with Crippen LogP contribution in [0.25, 0.3) is 0 Å². The number of hydrogen-bond donors (Lipinski definition) is 1. The molecule has 0 unspecified atom stereocenters. The predicted molar refractivity (Wildman–Crippen MR) is 86.7 cm³/mol. The van der Waals surface area contributed by atoms with Crippen LogP contribution in [0.4, 0.5) is 10.1 Å². The first-order chi connectivity index (χ1) is 11.5. The monoisotopic (exact) mass is 352 g/mol. The highest BCUT2D eigenvalue weighted by Crippen LogP contribution is 2.22. The van der Waals surface area contributed by atoms with Gasteiger partial charge in [-0.15, -0.1) is 0 Å². The van der Waals surface area contributed by atoms with Gasteiger partial charge in [-0.25, -0.2) is 4.39 Å². The van der Waals surface area contributed by atoms with Gasteiger partial charge in [0.05, 0.1) is 11.0 Å². The third-order valence-corrected chi connectivity index (χ3v) is 3.39. The average molecular weight is 353 g/mol. The molecule has 0 saturated carbocycles. The molecule has 0 fully saturated rings. The average Bonchev–Trinajstić information content (AvgIpc) is 2.55. The van der Waals surface area contributed by atoms with Crippen LogP contribution in [0.1, 0.15) is 5.56 Å². The molecule has 0 radical (unpaired) electrons. The highest BCUT2D eigenvalue weighted by Gasteiger charge is 2.12. The lowest BCUT2D eigenvalue weighted by Gasteiger charge is -2.08. The minimum absolute atomic E-state index is 0.214. The van der Waals surface area contributed by atoms with Gasteiger partial charge in [0.1, 0.15) is 0 Å². The maximum absolute atomic E-state index is 13.6. The molecule has 2 rings (SSSR count). The highest BCUT2D eigenvalue weighted by atomic mass is 35.5. The van der Waals surface area contributed by atoms with Crippen LogP contribution in [-0.4, -0.2) is 24.0 Å². The number of non-ortho nitro benzene ring substituents is 1. The summed E-state index contributed by atoms with van der Waals surface area (Å²) in [4.78, 5) is 21.5. The van der Waals surface area contributed by atoms with Gasteiger partial charge < -0.3 is 10.1 Å². The Hall–Kier alpha value is -2.67. The maximum Gasteiger partial charge on any atom is 0.272 e. The first kappa shape index (κ1) is 17.7. The zero-order valence-corrected chi connectivity index (χ0v) is 13.3. The topological polar surface area (TPSA) is 81.5 Å². The number of benzene rings is 2. The number of nitrogens with zero attached hydrogens (tertiary/aromatic N) is 1. The fourth-order valence-electron chi connectivity index (χ4n) is 1.91. The summed E-state index contributed by atoms with van der Waals surface area (Å²) in [5.74, 6) is -1.52. The van der Waals surface area contributed by atoms with Crippen LogP contribution in [0.3, 0.4) is 0 Å². The Morgan fingerprint density at radius 3 is 2.58 bits per heavy atom. The summed E-state index contributed by atoms with van der Waals surface area (Å²) >= 11 is 5.78. The zero-order valence-electron chi connectivity index (χ0n) is 12.5. The molecule has 2 aromatic rings. The Morgan fingerprint density at radius 1 is 1.25 bits per heavy atom. The quantitative estimate of drug-likeness (QED) is 0.613. The van der Waals surface area contributed by atoms with Gasteiger partial charge in [0.2, 0.25) is 0 Å². The molecule has 0 aliphatic heterocycles. The molecule has 1 N–H and O–H groups in total. The van der Waals surface area contributed by atoms with Crippen LogP contribution >= 0.6 is 11.6 Å². The van der Waals surface area contributed by atoms with E-state index in [2.05, 4.69) is 5.32 Å². The van der Waals surface area contributed by atoms with Crippen molar-refractivity contribution < 1.29 is 18.8 Å². The van der Waals surface area contributed by atoms with E-state index in [1.807, 2.05) is 12.1 Å². The summed E-state index contributed by atoms with van der Waals surface area (Å²) in [5, 5.41) is 13.8. The molecule has 0 heterocycles. The normalized spacial score (nSPS) is 10.2. The predicted octanol–water partition coefficient (Wildman–Crippen LogP) is 3.13. The van der Waals surface area contributed by atoms with Crippen molar-refractivity contribution in [3.63, 3.8) is 0 Å². The second-order valence-electron chi connectivity index (χ2n) is 4.89. The van der Waals surface area contributed by atoms with Crippen molar-refractivity contribution in [2.45, 2.75) is 6.42 Å². The van der Waals surface area contributed by atoms with Crippen molar-refractivity contribution in [3.05, 3.63) is 69.0 Å². The molecular weight excluding hydrogens is 339 g/mol. The van der Waals surface area contributed by atoms with Gasteiger partial charge >= 0.3 is 0 Å². The molecule has 0 atom stereocenters. The fourth-order valence-corrected chi connectivity index (χ4v) is 2.04. The third-order valence-electron chi connectivity index (χ3n) is 3.13. The maximum atomic E-state index is 13.6. The van der Waals surface area contributed by atoms with Gasteiger partial charge in [-0.3, -0.25) is 14.9 Å². The molecule has 0 aromatic heterocycles. The van der Waals surface area contributed by atoms with Gasteiger partial charge in [-0.2, -0.15) is 0 Å². The molecule has 8 heteroatoms. The molecule has 1 amide bonds. The highest BCUT2D eigenvalue weighted by molar-refractivity contribution is 6.30. The summed E-state index contributed by atoms with van der Waals surface area (Å²) in [5.41, 5.74) is 0.634. The lowest BCUT2D eigenvalue weighted by Crippen LogP contribution is -2.30. The van der Waals surface area contributed by atoms with E-state index in [1.165, 1.54) is 0 Å². The number of hydrogen-bond acceptors (Lipinski definition) is 4. The Balaban J connectivity index is 1.77. The lowest BCUT2D eigenvalue weighted by molar-refractivity contribution is -0.385. The summed E-state index contributed by atoms with van der Waals surface area (Å²) in [6.45, 7) is 0.0158. The number of nitro benzene ring substituents is 1. The number of nitro groups is 1.